The summed E-state index contributed by atoms with van der Waals surface area (Å²) < 4.78 is 10.8. The molecule has 0 spiro atoms. The second-order valence-corrected chi connectivity index (χ2v) is 5.53. The molecule has 0 radical (unpaired) electrons. The summed E-state index contributed by atoms with van der Waals surface area (Å²) in [5.41, 5.74) is 1.21. The van der Waals surface area contributed by atoms with Crippen LogP contribution >= 0.6 is 0 Å². The third-order valence-electron chi connectivity index (χ3n) is 3.98. The molecule has 1 aliphatic heterocycles. The molecule has 2 aromatic carbocycles. The van der Waals surface area contributed by atoms with Crippen molar-refractivity contribution in [1.82, 2.24) is 0 Å². The van der Waals surface area contributed by atoms with Gasteiger partial charge < -0.3 is 14.4 Å². The predicted molar refractivity (Wildman–Crippen MR) is 90.8 cm³/mol. The number of fused-ring (bicyclic) bond motifs is 1. The maximum Gasteiger partial charge on any atom is 0.299 e. The summed E-state index contributed by atoms with van der Waals surface area (Å²) in [7, 11) is 1.62. The summed E-state index contributed by atoms with van der Waals surface area (Å²) in [6.07, 6.45) is 1.57. The quantitative estimate of drug-likeness (QED) is 0.580. The van der Waals surface area contributed by atoms with Crippen molar-refractivity contribution in [2.24, 2.45) is 0 Å². The Bertz CT molecular complexity index is 739. The van der Waals surface area contributed by atoms with E-state index in [1.165, 1.54) is 0 Å². The number of anilines is 1. The minimum Gasteiger partial charge on any atom is -0.497 e. The third kappa shape index (κ3) is 3.25. The number of amides is 1. The van der Waals surface area contributed by atoms with Gasteiger partial charge in [-0.2, -0.15) is 0 Å². The van der Waals surface area contributed by atoms with E-state index in [4.69, 9.17) is 9.47 Å². The molecule has 1 aliphatic rings. The monoisotopic (exact) mass is 325 g/mol. The standard InChI is InChI=1S/C19H19NO4/c1-23-14-8-10-15(11-9-14)24-13-5-4-12-20-17-7-3-2-6-16(17)18(21)19(20)22/h2-3,6-11H,4-5,12-13H2,1H3. The molecule has 0 fully saturated rings. The fourth-order valence-corrected chi connectivity index (χ4v) is 2.70. The molecule has 1 amide bonds. The largest absolute Gasteiger partial charge is 0.497 e. The van der Waals surface area contributed by atoms with Gasteiger partial charge in [-0.3, -0.25) is 9.59 Å². The zero-order valence-corrected chi connectivity index (χ0v) is 13.5. The normalized spacial score (nSPS) is 13.1. The van der Waals surface area contributed by atoms with Crippen LogP contribution in [0.1, 0.15) is 23.2 Å². The SMILES string of the molecule is COc1ccc(OCCCCN2C(=O)C(=O)c3ccccc32)cc1. The van der Waals surface area contributed by atoms with Crippen LogP contribution in [0, 0.1) is 0 Å². The maximum absolute atomic E-state index is 12.0. The maximum atomic E-state index is 12.0. The predicted octanol–water partition coefficient (Wildman–Crippen LogP) is 3.08. The molecular weight excluding hydrogens is 306 g/mol. The highest BCUT2D eigenvalue weighted by Crippen LogP contribution is 2.28. The topological polar surface area (TPSA) is 55.8 Å². The summed E-state index contributed by atoms with van der Waals surface area (Å²) in [5, 5.41) is 0. The average Bonchev–Trinajstić information content (AvgIpc) is 2.87. The number of hydrogen-bond donors (Lipinski definition) is 0. The highest BCUT2D eigenvalue weighted by Gasteiger charge is 2.34. The van der Waals surface area contributed by atoms with E-state index in [2.05, 4.69) is 0 Å². The van der Waals surface area contributed by atoms with Crippen LogP contribution < -0.4 is 14.4 Å². The van der Waals surface area contributed by atoms with Crippen LogP contribution in [0.4, 0.5) is 5.69 Å². The molecule has 0 unspecified atom stereocenters. The Balaban J connectivity index is 1.47. The van der Waals surface area contributed by atoms with E-state index >= 15 is 0 Å². The Morgan fingerprint density at radius 1 is 0.917 bits per heavy atom. The molecule has 0 saturated heterocycles. The fraction of sp³-hybridized carbons (Fsp3) is 0.263. The molecule has 0 atom stereocenters. The highest BCUT2D eigenvalue weighted by atomic mass is 16.5. The lowest BCUT2D eigenvalue weighted by atomic mass is 10.1. The molecule has 124 valence electrons. The Morgan fingerprint density at radius 2 is 1.62 bits per heavy atom. The number of para-hydroxylation sites is 1. The summed E-state index contributed by atoms with van der Waals surface area (Å²) in [4.78, 5) is 25.5. The minimum atomic E-state index is -0.438. The molecule has 3 rings (SSSR count). The number of hydrogen-bond acceptors (Lipinski definition) is 4. The number of ketones is 1. The Labute approximate surface area is 140 Å². The van der Waals surface area contributed by atoms with E-state index in [9.17, 15) is 9.59 Å². The second-order valence-electron chi connectivity index (χ2n) is 5.53. The molecule has 0 aliphatic carbocycles. The van der Waals surface area contributed by atoms with Crippen LogP contribution in [0.15, 0.2) is 48.5 Å². The van der Waals surface area contributed by atoms with Crippen molar-refractivity contribution in [2.45, 2.75) is 12.8 Å². The first kappa shape index (κ1) is 16.1. The molecule has 0 aromatic heterocycles. The summed E-state index contributed by atoms with van der Waals surface area (Å²) in [5.74, 6) is 0.721. The fourth-order valence-electron chi connectivity index (χ4n) is 2.70. The molecule has 1 heterocycles. The Kier molecular flexibility index (Phi) is 4.79. The van der Waals surface area contributed by atoms with Gasteiger partial charge in [-0.05, 0) is 49.2 Å². The molecule has 24 heavy (non-hydrogen) atoms. The molecule has 5 nitrogen and oxygen atoms in total. The lowest BCUT2D eigenvalue weighted by Gasteiger charge is -2.16. The number of Topliss-reactive ketones (excluding diaryl/α,β-unsaturated/α-hetero) is 1. The van der Waals surface area contributed by atoms with Crippen molar-refractivity contribution in [3.05, 3.63) is 54.1 Å². The van der Waals surface area contributed by atoms with Gasteiger partial charge in [-0.25, -0.2) is 0 Å². The number of unbranched alkanes of at least 4 members (excludes halogenated alkanes) is 1. The summed E-state index contributed by atoms with van der Waals surface area (Å²) in [6.45, 7) is 1.08. The van der Waals surface area contributed by atoms with E-state index in [0.29, 0.717) is 24.4 Å². The smallest absolute Gasteiger partial charge is 0.299 e. The number of benzene rings is 2. The van der Waals surface area contributed by atoms with E-state index in [1.807, 2.05) is 36.4 Å². The minimum absolute atomic E-state index is 0.417. The number of carbonyl (C=O) groups excluding carboxylic acids is 2. The van der Waals surface area contributed by atoms with Gasteiger partial charge in [0.15, 0.2) is 0 Å². The van der Waals surface area contributed by atoms with Gasteiger partial charge in [0, 0.05) is 6.54 Å². The van der Waals surface area contributed by atoms with Gasteiger partial charge >= 0.3 is 0 Å². The first-order valence-electron chi connectivity index (χ1n) is 7.93. The van der Waals surface area contributed by atoms with Crippen LogP contribution in [0.2, 0.25) is 0 Å². The summed E-state index contributed by atoms with van der Waals surface area (Å²) in [6, 6.07) is 14.5. The number of nitrogens with zero attached hydrogens (tertiary/aromatic N) is 1. The zero-order valence-electron chi connectivity index (χ0n) is 13.5. The number of rotatable bonds is 7. The van der Waals surface area contributed by atoms with Gasteiger partial charge in [0.2, 0.25) is 0 Å². The number of ether oxygens (including phenoxy) is 2. The van der Waals surface area contributed by atoms with Crippen molar-refractivity contribution in [1.29, 1.82) is 0 Å². The van der Waals surface area contributed by atoms with Crippen LogP contribution in [0.3, 0.4) is 0 Å². The Morgan fingerprint density at radius 3 is 2.38 bits per heavy atom. The van der Waals surface area contributed by atoms with E-state index in [-0.39, 0.29) is 0 Å². The zero-order chi connectivity index (χ0) is 16.9. The van der Waals surface area contributed by atoms with E-state index in [0.717, 1.165) is 24.3 Å². The molecule has 0 bridgehead atoms. The lowest BCUT2D eigenvalue weighted by molar-refractivity contribution is -0.114. The third-order valence-corrected chi connectivity index (χ3v) is 3.98. The molecular formula is C19H19NO4. The van der Waals surface area contributed by atoms with Gasteiger partial charge in [0.25, 0.3) is 11.7 Å². The van der Waals surface area contributed by atoms with Crippen molar-refractivity contribution in [3.63, 3.8) is 0 Å². The van der Waals surface area contributed by atoms with Gasteiger partial charge in [0.05, 0.1) is 25.0 Å². The molecule has 0 saturated carbocycles. The first-order valence-corrected chi connectivity index (χ1v) is 7.93. The van der Waals surface area contributed by atoms with Crippen LogP contribution in [0.25, 0.3) is 0 Å². The van der Waals surface area contributed by atoms with Gasteiger partial charge in [-0.1, -0.05) is 12.1 Å². The lowest BCUT2D eigenvalue weighted by Crippen LogP contribution is -2.30. The van der Waals surface area contributed by atoms with Crippen molar-refractivity contribution in [2.75, 3.05) is 25.2 Å². The summed E-state index contributed by atoms with van der Waals surface area (Å²) >= 11 is 0. The van der Waals surface area contributed by atoms with Crippen molar-refractivity contribution >= 4 is 17.4 Å². The van der Waals surface area contributed by atoms with Crippen LogP contribution in [-0.4, -0.2) is 32.0 Å². The molecule has 2 aromatic rings. The first-order chi connectivity index (χ1) is 11.7. The van der Waals surface area contributed by atoms with Crippen LogP contribution in [-0.2, 0) is 4.79 Å². The van der Waals surface area contributed by atoms with Crippen molar-refractivity contribution in [3.8, 4) is 11.5 Å². The highest BCUT2D eigenvalue weighted by molar-refractivity contribution is 6.52. The van der Waals surface area contributed by atoms with Crippen molar-refractivity contribution < 1.29 is 19.1 Å². The number of methoxy groups -OCH3 is 1. The van der Waals surface area contributed by atoms with Crippen LogP contribution in [0.5, 0.6) is 11.5 Å². The number of carbonyl (C=O) groups is 2. The second kappa shape index (κ2) is 7.17. The average molecular weight is 325 g/mol. The van der Waals surface area contributed by atoms with Gasteiger partial charge in [0.1, 0.15) is 11.5 Å². The molecule has 5 heteroatoms. The van der Waals surface area contributed by atoms with E-state index < -0.39 is 11.7 Å². The van der Waals surface area contributed by atoms with E-state index in [1.54, 1.807) is 24.1 Å². The van der Waals surface area contributed by atoms with Gasteiger partial charge in [-0.15, -0.1) is 0 Å². The Hall–Kier alpha value is -2.82. The molecule has 0 N–H and O–H groups in total.